The van der Waals surface area contributed by atoms with E-state index in [2.05, 4.69) is 36.9 Å². The predicted octanol–water partition coefficient (Wildman–Crippen LogP) is 0.495. The highest BCUT2D eigenvalue weighted by molar-refractivity contribution is 5.86. The maximum atomic E-state index is 4.39. The lowest BCUT2D eigenvalue weighted by atomic mass is 10.3. The van der Waals surface area contributed by atoms with Crippen molar-refractivity contribution in [3.8, 4) is 0 Å². The summed E-state index contributed by atoms with van der Waals surface area (Å²) in [4.78, 5) is 13.3. The van der Waals surface area contributed by atoms with Gasteiger partial charge in [0.2, 0.25) is 0 Å². The molecule has 0 unspecified atom stereocenters. The van der Waals surface area contributed by atoms with E-state index in [4.69, 9.17) is 0 Å². The summed E-state index contributed by atoms with van der Waals surface area (Å²) in [5, 5.41) is 7.92. The van der Waals surface area contributed by atoms with Crippen molar-refractivity contribution in [1.82, 2.24) is 25.1 Å². The van der Waals surface area contributed by atoms with Crippen LogP contribution >= 0.6 is 0 Å². The molecule has 0 atom stereocenters. The van der Waals surface area contributed by atoms with Crippen molar-refractivity contribution in [2.45, 2.75) is 6.92 Å². The van der Waals surface area contributed by atoms with Crippen LogP contribution in [0.2, 0.25) is 0 Å². The molecular weight excluding hydrogens is 216 g/mol. The Bertz CT molecular complexity index is 499. The first kappa shape index (κ1) is 10.5. The van der Waals surface area contributed by atoms with Gasteiger partial charge in [0.25, 0.3) is 0 Å². The molecule has 1 fully saturated rings. The monoisotopic (exact) mass is 232 g/mol. The third kappa shape index (κ3) is 1.84. The molecule has 90 valence electrons. The maximum Gasteiger partial charge on any atom is 0.160 e. The number of fused-ring (bicyclic) bond motifs is 1. The second-order valence-electron chi connectivity index (χ2n) is 4.25. The lowest BCUT2D eigenvalue weighted by Crippen LogP contribution is -2.46. The summed E-state index contributed by atoms with van der Waals surface area (Å²) >= 11 is 0. The van der Waals surface area contributed by atoms with Crippen molar-refractivity contribution in [1.29, 1.82) is 0 Å². The van der Waals surface area contributed by atoms with Gasteiger partial charge in [-0.15, -0.1) is 0 Å². The number of nitrogens with one attached hydrogen (secondary N) is 1. The Balaban J connectivity index is 1.87. The number of nitrogens with zero attached hydrogens (tertiary/aromatic N) is 5. The molecule has 2 aromatic heterocycles. The molecule has 6 nitrogen and oxygen atoms in total. The quantitative estimate of drug-likeness (QED) is 0.816. The van der Waals surface area contributed by atoms with E-state index in [0.29, 0.717) is 0 Å². The Morgan fingerprint density at radius 3 is 2.82 bits per heavy atom. The van der Waals surface area contributed by atoms with Crippen molar-refractivity contribution in [2.24, 2.45) is 0 Å². The highest BCUT2D eigenvalue weighted by Gasteiger charge is 2.19. The van der Waals surface area contributed by atoms with Crippen LogP contribution in [0.4, 0.5) is 5.82 Å². The van der Waals surface area contributed by atoms with Crippen molar-refractivity contribution >= 4 is 16.9 Å². The number of rotatable bonds is 2. The predicted molar refractivity (Wildman–Crippen MR) is 66.0 cm³/mol. The average Bonchev–Trinajstić information content (AvgIpc) is 2.87. The highest BCUT2D eigenvalue weighted by atomic mass is 15.3. The molecule has 0 spiro atoms. The molecule has 0 saturated carbocycles. The van der Waals surface area contributed by atoms with Gasteiger partial charge in [0.05, 0.1) is 11.6 Å². The molecule has 17 heavy (non-hydrogen) atoms. The summed E-state index contributed by atoms with van der Waals surface area (Å²) in [6.07, 6.45) is 3.40. The van der Waals surface area contributed by atoms with Crippen LogP contribution in [0.25, 0.3) is 11.0 Å². The van der Waals surface area contributed by atoms with Crippen LogP contribution in [-0.2, 0) is 0 Å². The molecule has 1 aliphatic rings. The zero-order valence-electron chi connectivity index (χ0n) is 9.93. The summed E-state index contributed by atoms with van der Waals surface area (Å²) in [6, 6.07) is 0. The van der Waals surface area contributed by atoms with Gasteiger partial charge in [0.1, 0.15) is 12.1 Å². The van der Waals surface area contributed by atoms with E-state index in [9.17, 15) is 0 Å². The molecule has 0 amide bonds. The number of hydrogen-bond donors (Lipinski definition) is 1. The molecule has 6 heteroatoms. The van der Waals surface area contributed by atoms with Gasteiger partial charge in [-0.1, -0.05) is 6.92 Å². The number of likely N-dealkylation sites (N-methyl/N-ethyl adjacent to an activating group) is 1. The number of hydrogen-bond acceptors (Lipinski definition) is 5. The number of anilines is 1. The van der Waals surface area contributed by atoms with Crippen molar-refractivity contribution < 1.29 is 0 Å². The summed E-state index contributed by atoms with van der Waals surface area (Å²) in [5.74, 6) is 1.000. The second-order valence-corrected chi connectivity index (χ2v) is 4.25. The lowest BCUT2D eigenvalue weighted by Gasteiger charge is -2.34. The van der Waals surface area contributed by atoms with Gasteiger partial charge in [-0.2, -0.15) is 5.10 Å². The molecule has 3 rings (SSSR count). The number of H-pyrrole nitrogens is 1. The molecule has 1 saturated heterocycles. The smallest absolute Gasteiger partial charge is 0.160 e. The molecule has 0 aromatic carbocycles. The van der Waals surface area contributed by atoms with Gasteiger partial charge < -0.3 is 9.80 Å². The van der Waals surface area contributed by atoms with Crippen molar-refractivity contribution in [2.75, 3.05) is 37.6 Å². The van der Waals surface area contributed by atoms with Crippen LogP contribution in [0.5, 0.6) is 0 Å². The Labute approximate surface area is 99.7 Å². The minimum Gasteiger partial charge on any atom is -0.353 e. The molecule has 1 aliphatic heterocycles. The Kier molecular flexibility index (Phi) is 2.64. The first-order valence-electron chi connectivity index (χ1n) is 6.00. The minimum absolute atomic E-state index is 0.813. The summed E-state index contributed by atoms with van der Waals surface area (Å²) < 4.78 is 0. The zero-order chi connectivity index (χ0) is 11.7. The van der Waals surface area contributed by atoms with Crippen LogP contribution in [0.15, 0.2) is 12.5 Å². The van der Waals surface area contributed by atoms with Crippen molar-refractivity contribution in [3.05, 3.63) is 12.5 Å². The highest BCUT2D eigenvalue weighted by Crippen LogP contribution is 2.21. The minimum atomic E-state index is 0.813. The first-order chi connectivity index (χ1) is 8.38. The van der Waals surface area contributed by atoms with Gasteiger partial charge in [-0.05, 0) is 6.54 Å². The number of aromatic amines is 1. The van der Waals surface area contributed by atoms with Gasteiger partial charge in [0, 0.05) is 26.2 Å². The van der Waals surface area contributed by atoms with E-state index >= 15 is 0 Å². The third-order valence-corrected chi connectivity index (χ3v) is 3.35. The lowest BCUT2D eigenvalue weighted by molar-refractivity contribution is 0.271. The number of aromatic nitrogens is 4. The second kappa shape index (κ2) is 4.29. The fraction of sp³-hybridized carbons (Fsp3) is 0.545. The van der Waals surface area contributed by atoms with Gasteiger partial charge >= 0.3 is 0 Å². The largest absolute Gasteiger partial charge is 0.353 e. The van der Waals surface area contributed by atoms with Crippen LogP contribution in [0.1, 0.15) is 6.92 Å². The molecule has 1 N–H and O–H groups in total. The van der Waals surface area contributed by atoms with Gasteiger partial charge in [-0.3, -0.25) is 5.10 Å². The molecule has 2 aromatic rings. The normalized spacial score (nSPS) is 17.8. The van der Waals surface area contributed by atoms with Gasteiger partial charge in [0.15, 0.2) is 5.65 Å². The van der Waals surface area contributed by atoms with Gasteiger partial charge in [-0.25, -0.2) is 9.97 Å². The van der Waals surface area contributed by atoms with Crippen LogP contribution < -0.4 is 4.90 Å². The third-order valence-electron chi connectivity index (χ3n) is 3.35. The zero-order valence-corrected chi connectivity index (χ0v) is 9.93. The maximum absolute atomic E-state index is 4.39. The standard InChI is InChI=1S/C11H16N6/c1-2-16-3-5-17(6-4-16)11-9-7-14-15-10(9)12-8-13-11/h7-8H,2-6H2,1H3,(H,12,13,14,15). The van der Waals surface area contributed by atoms with Crippen LogP contribution in [-0.4, -0.2) is 57.8 Å². The summed E-state index contributed by atoms with van der Waals surface area (Å²) in [5.41, 5.74) is 0.813. The SMILES string of the molecule is CCN1CCN(c2ncnc3[nH]ncc23)CC1. The van der Waals surface area contributed by atoms with E-state index in [1.54, 1.807) is 12.5 Å². The van der Waals surface area contributed by atoms with E-state index < -0.39 is 0 Å². The summed E-state index contributed by atoms with van der Waals surface area (Å²) in [7, 11) is 0. The fourth-order valence-corrected chi connectivity index (χ4v) is 2.28. The van der Waals surface area contributed by atoms with Crippen molar-refractivity contribution in [3.63, 3.8) is 0 Å². The van der Waals surface area contributed by atoms with E-state index in [-0.39, 0.29) is 0 Å². The molecular formula is C11H16N6. The molecule has 0 radical (unpaired) electrons. The fourth-order valence-electron chi connectivity index (χ4n) is 2.28. The first-order valence-corrected chi connectivity index (χ1v) is 6.00. The van der Waals surface area contributed by atoms with E-state index in [1.807, 2.05) is 0 Å². The number of piperazine rings is 1. The molecule has 0 aliphatic carbocycles. The molecule has 0 bridgehead atoms. The Morgan fingerprint density at radius 2 is 2.06 bits per heavy atom. The average molecular weight is 232 g/mol. The molecule has 3 heterocycles. The van der Waals surface area contributed by atoms with Crippen LogP contribution in [0.3, 0.4) is 0 Å². The summed E-state index contributed by atoms with van der Waals surface area (Å²) in [6.45, 7) is 7.56. The topological polar surface area (TPSA) is 60.9 Å². The van der Waals surface area contributed by atoms with E-state index in [1.165, 1.54) is 0 Å². The Hall–Kier alpha value is -1.69. The Morgan fingerprint density at radius 1 is 1.24 bits per heavy atom. The van der Waals surface area contributed by atoms with E-state index in [0.717, 1.165) is 49.6 Å². The van der Waals surface area contributed by atoms with Crippen LogP contribution in [0, 0.1) is 0 Å².